The number of carbonyl (C=O) groups is 1. The van der Waals surface area contributed by atoms with Crippen molar-refractivity contribution in [1.82, 2.24) is 30.0 Å². The van der Waals surface area contributed by atoms with Gasteiger partial charge < -0.3 is 14.8 Å². The summed E-state index contributed by atoms with van der Waals surface area (Å²) in [5.41, 5.74) is 0.523. The van der Waals surface area contributed by atoms with Crippen molar-refractivity contribution in [3.05, 3.63) is 42.2 Å². The number of rotatable bonds is 6. The molecule has 1 aliphatic rings. The van der Waals surface area contributed by atoms with Gasteiger partial charge in [-0.2, -0.15) is 0 Å². The first-order valence-electron chi connectivity index (χ1n) is 9.03. The van der Waals surface area contributed by atoms with Crippen LogP contribution in [0.2, 0.25) is 0 Å². The van der Waals surface area contributed by atoms with E-state index in [9.17, 15) is 4.79 Å². The smallest absolute Gasteiger partial charge is 0.272 e. The minimum absolute atomic E-state index is 0.0230. The van der Waals surface area contributed by atoms with Crippen molar-refractivity contribution in [1.29, 1.82) is 0 Å². The zero-order valence-corrected chi connectivity index (χ0v) is 14.9. The molecule has 3 rings (SSSR count). The summed E-state index contributed by atoms with van der Waals surface area (Å²) >= 11 is 0. The largest absolute Gasteiger partial charge is 0.337 e. The van der Waals surface area contributed by atoms with E-state index in [1.165, 1.54) is 0 Å². The van der Waals surface area contributed by atoms with E-state index in [2.05, 4.69) is 38.9 Å². The Morgan fingerprint density at radius 3 is 2.84 bits per heavy atom. The second-order valence-electron chi connectivity index (χ2n) is 6.55. The Bertz CT molecular complexity index is 678. The minimum atomic E-state index is 0.0230. The molecule has 0 saturated carbocycles. The summed E-state index contributed by atoms with van der Waals surface area (Å²) in [6.45, 7) is 6.71. The molecule has 2 aromatic heterocycles. The molecule has 1 saturated heterocycles. The highest BCUT2D eigenvalue weighted by molar-refractivity contribution is 5.92. The zero-order valence-electron chi connectivity index (χ0n) is 14.9. The second-order valence-corrected chi connectivity index (χ2v) is 6.55. The molecule has 7 heteroatoms. The molecule has 7 nitrogen and oxygen atoms in total. The number of nitrogens with zero attached hydrogens (tertiary/aromatic N) is 5. The quantitative estimate of drug-likeness (QED) is 0.869. The molecule has 134 valence electrons. The number of amides is 1. The van der Waals surface area contributed by atoms with Gasteiger partial charge in [0.2, 0.25) is 0 Å². The molecule has 1 amide bonds. The van der Waals surface area contributed by atoms with E-state index in [1.807, 2.05) is 17.0 Å². The fourth-order valence-corrected chi connectivity index (χ4v) is 3.34. The number of nitrogens with one attached hydrogen (secondary N) is 1. The number of piperidine rings is 1. The highest BCUT2D eigenvalue weighted by Crippen LogP contribution is 2.17. The van der Waals surface area contributed by atoms with Crippen LogP contribution in [-0.4, -0.2) is 49.7 Å². The Balaban J connectivity index is 1.52. The number of likely N-dealkylation sites (tertiary alicyclic amines) is 1. The summed E-state index contributed by atoms with van der Waals surface area (Å²) in [6.07, 6.45) is 6.39. The van der Waals surface area contributed by atoms with Crippen molar-refractivity contribution in [3.63, 3.8) is 0 Å². The fraction of sp³-hybridized carbons (Fsp3) is 0.556. The molecule has 0 unspecified atom stereocenters. The third kappa shape index (κ3) is 4.22. The summed E-state index contributed by atoms with van der Waals surface area (Å²) in [4.78, 5) is 18.5. The summed E-state index contributed by atoms with van der Waals surface area (Å²) in [6, 6.07) is 5.98. The zero-order chi connectivity index (χ0) is 17.6. The van der Waals surface area contributed by atoms with E-state index >= 15 is 0 Å². The highest BCUT2D eigenvalue weighted by Gasteiger charge is 2.26. The summed E-state index contributed by atoms with van der Waals surface area (Å²) in [5, 5.41) is 11.9. The predicted octanol–water partition coefficient (Wildman–Crippen LogP) is 2.04. The number of aromatic nitrogens is 4. The van der Waals surface area contributed by atoms with Crippen LogP contribution in [0.1, 0.15) is 55.5 Å². The summed E-state index contributed by atoms with van der Waals surface area (Å²) in [7, 11) is 0. The van der Waals surface area contributed by atoms with Crippen LogP contribution in [0.4, 0.5) is 0 Å². The molecular weight excluding hydrogens is 316 g/mol. The molecule has 1 aliphatic heterocycles. The first kappa shape index (κ1) is 17.5. The lowest BCUT2D eigenvalue weighted by Gasteiger charge is -2.33. The van der Waals surface area contributed by atoms with Crippen LogP contribution in [0.5, 0.6) is 0 Å². The van der Waals surface area contributed by atoms with Crippen molar-refractivity contribution in [3.8, 4) is 0 Å². The van der Waals surface area contributed by atoms with Gasteiger partial charge in [-0.05, 0) is 38.3 Å². The monoisotopic (exact) mass is 342 g/mol. The maximum absolute atomic E-state index is 12.5. The lowest BCUT2D eigenvalue weighted by Crippen LogP contribution is -2.45. The van der Waals surface area contributed by atoms with Gasteiger partial charge in [0.1, 0.15) is 17.8 Å². The second kappa shape index (κ2) is 8.20. The van der Waals surface area contributed by atoms with Gasteiger partial charge in [-0.15, -0.1) is 10.2 Å². The standard InChI is InChI=1S/C18H26N6O/c1-3-10-24-13-20-22-17(24)14(2)21-15-7-11-23(12-8-15)18(25)16-6-4-5-9-19-16/h4-6,9,13-15,21H,3,7-8,10-12H2,1-2H3/t14-/m0/s1. The minimum Gasteiger partial charge on any atom is -0.337 e. The van der Waals surface area contributed by atoms with Gasteiger partial charge in [0.15, 0.2) is 0 Å². The maximum atomic E-state index is 12.5. The number of hydrogen-bond acceptors (Lipinski definition) is 5. The molecule has 0 aliphatic carbocycles. The normalized spacial score (nSPS) is 16.8. The average molecular weight is 342 g/mol. The third-order valence-corrected chi connectivity index (χ3v) is 4.65. The molecular formula is C18H26N6O. The van der Waals surface area contributed by atoms with Crippen LogP contribution in [-0.2, 0) is 6.54 Å². The molecule has 25 heavy (non-hydrogen) atoms. The lowest BCUT2D eigenvalue weighted by atomic mass is 10.0. The van der Waals surface area contributed by atoms with E-state index in [1.54, 1.807) is 18.6 Å². The molecule has 0 spiro atoms. The Labute approximate surface area is 148 Å². The van der Waals surface area contributed by atoms with Gasteiger partial charge in [-0.3, -0.25) is 9.78 Å². The van der Waals surface area contributed by atoms with Crippen molar-refractivity contribution in [2.45, 2.75) is 51.7 Å². The maximum Gasteiger partial charge on any atom is 0.272 e. The first-order valence-corrected chi connectivity index (χ1v) is 9.03. The molecule has 3 heterocycles. The predicted molar refractivity (Wildman–Crippen MR) is 95.0 cm³/mol. The van der Waals surface area contributed by atoms with E-state index in [-0.39, 0.29) is 11.9 Å². The molecule has 1 atom stereocenters. The molecule has 2 aromatic rings. The Morgan fingerprint density at radius 2 is 2.16 bits per heavy atom. The Kier molecular flexibility index (Phi) is 5.75. The topological polar surface area (TPSA) is 75.9 Å². The Hall–Kier alpha value is -2.28. The first-order chi connectivity index (χ1) is 12.2. The highest BCUT2D eigenvalue weighted by atomic mass is 16.2. The Morgan fingerprint density at radius 1 is 1.36 bits per heavy atom. The average Bonchev–Trinajstić information content (AvgIpc) is 3.11. The molecule has 0 aromatic carbocycles. The lowest BCUT2D eigenvalue weighted by molar-refractivity contribution is 0.0696. The van der Waals surface area contributed by atoms with Gasteiger partial charge in [0.05, 0.1) is 6.04 Å². The van der Waals surface area contributed by atoms with Crippen LogP contribution in [0, 0.1) is 0 Å². The van der Waals surface area contributed by atoms with Gasteiger partial charge in [0.25, 0.3) is 5.91 Å². The third-order valence-electron chi connectivity index (χ3n) is 4.65. The van der Waals surface area contributed by atoms with Crippen LogP contribution in [0.25, 0.3) is 0 Å². The number of hydrogen-bond donors (Lipinski definition) is 1. The van der Waals surface area contributed by atoms with Crippen LogP contribution >= 0.6 is 0 Å². The number of carbonyl (C=O) groups excluding carboxylic acids is 1. The number of aryl methyl sites for hydroxylation is 1. The van der Waals surface area contributed by atoms with Crippen LogP contribution < -0.4 is 5.32 Å². The van der Waals surface area contributed by atoms with Gasteiger partial charge in [-0.25, -0.2) is 0 Å². The van der Waals surface area contributed by atoms with E-state index in [0.717, 1.165) is 44.7 Å². The van der Waals surface area contributed by atoms with E-state index < -0.39 is 0 Å². The van der Waals surface area contributed by atoms with E-state index in [4.69, 9.17) is 0 Å². The van der Waals surface area contributed by atoms with Crippen LogP contribution in [0.3, 0.4) is 0 Å². The van der Waals surface area contributed by atoms with Gasteiger partial charge in [0, 0.05) is 31.9 Å². The van der Waals surface area contributed by atoms with Crippen LogP contribution in [0.15, 0.2) is 30.7 Å². The van der Waals surface area contributed by atoms with Gasteiger partial charge >= 0.3 is 0 Å². The number of pyridine rings is 1. The molecule has 1 fully saturated rings. The summed E-state index contributed by atoms with van der Waals surface area (Å²) in [5.74, 6) is 1.00. The van der Waals surface area contributed by atoms with Crippen molar-refractivity contribution >= 4 is 5.91 Å². The SMILES string of the molecule is CCCn1cnnc1[C@H](C)NC1CCN(C(=O)c2ccccn2)CC1. The van der Waals surface area contributed by atoms with Crippen molar-refractivity contribution in [2.75, 3.05) is 13.1 Å². The van der Waals surface area contributed by atoms with Gasteiger partial charge in [-0.1, -0.05) is 13.0 Å². The van der Waals surface area contributed by atoms with Crippen molar-refractivity contribution < 1.29 is 4.79 Å². The van der Waals surface area contributed by atoms with Crippen molar-refractivity contribution in [2.24, 2.45) is 0 Å². The fourth-order valence-electron chi connectivity index (χ4n) is 3.34. The molecule has 0 bridgehead atoms. The summed E-state index contributed by atoms with van der Waals surface area (Å²) < 4.78 is 2.11. The molecule has 0 radical (unpaired) electrons. The molecule has 1 N–H and O–H groups in total. The van der Waals surface area contributed by atoms with E-state index in [0.29, 0.717) is 11.7 Å².